The molecule has 140 valence electrons. The van der Waals surface area contributed by atoms with Crippen LogP contribution in [0.25, 0.3) is 11.5 Å². The first-order valence-corrected chi connectivity index (χ1v) is 7.86. The summed E-state index contributed by atoms with van der Waals surface area (Å²) in [7, 11) is 0. The van der Waals surface area contributed by atoms with Gasteiger partial charge in [-0.05, 0) is 25.0 Å². The number of nitrogens with two attached hydrogens (primary N) is 1. The van der Waals surface area contributed by atoms with E-state index in [0.29, 0.717) is 30.4 Å². The molecule has 9 heteroatoms. The van der Waals surface area contributed by atoms with Gasteiger partial charge in [0.2, 0.25) is 17.6 Å². The Bertz CT molecular complexity index is 632. The third-order valence-corrected chi connectivity index (χ3v) is 3.97. The monoisotopic (exact) mass is 389 g/mol. The van der Waals surface area contributed by atoms with Gasteiger partial charge in [0, 0.05) is 31.1 Å². The van der Waals surface area contributed by atoms with Crippen LogP contribution in [0.2, 0.25) is 0 Å². The summed E-state index contributed by atoms with van der Waals surface area (Å²) in [5.74, 6) is 0.782. The van der Waals surface area contributed by atoms with Gasteiger partial charge in [-0.1, -0.05) is 25.1 Å². The highest BCUT2D eigenvalue weighted by molar-refractivity contribution is 5.85. The highest BCUT2D eigenvalue weighted by Crippen LogP contribution is 2.13. The molecule has 2 rings (SSSR count). The van der Waals surface area contributed by atoms with Gasteiger partial charge in [0.05, 0.1) is 0 Å². The first-order valence-electron chi connectivity index (χ1n) is 7.86. The summed E-state index contributed by atoms with van der Waals surface area (Å²) in [6.07, 6.45) is 3.98. The molecule has 0 unspecified atom stereocenters. The molecule has 2 aromatic heterocycles. The fourth-order valence-corrected chi connectivity index (χ4v) is 2.04. The van der Waals surface area contributed by atoms with E-state index in [2.05, 4.69) is 20.4 Å². The van der Waals surface area contributed by atoms with Crippen LogP contribution >= 0.6 is 24.8 Å². The summed E-state index contributed by atoms with van der Waals surface area (Å²) < 4.78 is 5.15. The topological polar surface area (TPSA) is 107 Å². The summed E-state index contributed by atoms with van der Waals surface area (Å²) in [5.41, 5.74) is 6.46. The molecule has 2 aromatic rings. The molecule has 0 spiro atoms. The number of aromatic nitrogens is 3. The summed E-state index contributed by atoms with van der Waals surface area (Å²) >= 11 is 0. The minimum absolute atomic E-state index is 0. The van der Waals surface area contributed by atoms with Crippen LogP contribution in [-0.2, 0) is 11.2 Å². The van der Waals surface area contributed by atoms with E-state index in [0.717, 1.165) is 12.8 Å². The second kappa shape index (κ2) is 11.0. The van der Waals surface area contributed by atoms with Gasteiger partial charge in [-0.3, -0.25) is 9.78 Å². The van der Waals surface area contributed by atoms with Gasteiger partial charge in [-0.15, -0.1) is 24.8 Å². The predicted octanol–water partition coefficient (Wildman–Crippen LogP) is 2.54. The number of hydrogen-bond acceptors (Lipinski definition) is 6. The molecule has 0 saturated carbocycles. The van der Waals surface area contributed by atoms with E-state index in [4.69, 9.17) is 10.3 Å². The summed E-state index contributed by atoms with van der Waals surface area (Å²) in [6.45, 7) is 4.52. The second-order valence-electron chi connectivity index (χ2n) is 5.57. The van der Waals surface area contributed by atoms with E-state index in [-0.39, 0.29) is 42.7 Å². The Kier molecular flexibility index (Phi) is 10.3. The largest absolute Gasteiger partial charge is 0.354 e. The number of nitrogens with one attached hydrogen (secondary N) is 1. The number of amides is 1. The van der Waals surface area contributed by atoms with Gasteiger partial charge in [-0.25, -0.2) is 0 Å². The highest BCUT2D eigenvalue weighted by Gasteiger charge is 2.21. The van der Waals surface area contributed by atoms with Crippen LogP contribution < -0.4 is 11.1 Å². The fraction of sp³-hybridized carbons (Fsp3) is 0.500. The van der Waals surface area contributed by atoms with E-state index < -0.39 is 0 Å². The normalized spacial score (nSPS) is 10.5. The Labute approximate surface area is 160 Å². The predicted molar refractivity (Wildman–Crippen MR) is 101 cm³/mol. The first-order chi connectivity index (χ1) is 11.1. The first kappa shape index (κ1) is 23.3. The van der Waals surface area contributed by atoms with Crippen molar-refractivity contribution in [3.63, 3.8) is 0 Å². The molecule has 0 aromatic carbocycles. The Balaban J connectivity index is 0.00000288. The lowest BCUT2D eigenvalue weighted by Crippen LogP contribution is -2.49. The van der Waals surface area contributed by atoms with Crippen molar-refractivity contribution in [1.29, 1.82) is 0 Å². The third kappa shape index (κ3) is 6.97. The van der Waals surface area contributed by atoms with Crippen LogP contribution in [0.5, 0.6) is 0 Å². The van der Waals surface area contributed by atoms with Crippen molar-refractivity contribution >= 4 is 30.7 Å². The number of pyridine rings is 1. The van der Waals surface area contributed by atoms with E-state index >= 15 is 0 Å². The quantitative estimate of drug-likeness (QED) is 0.717. The van der Waals surface area contributed by atoms with Crippen molar-refractivity contribution in [2.75, 3.05) is 6.54 Å². The Morgan fingerprint density at radius 1 is 1.28 bits per heavy atom. The van der Waals surface area contributed by atoms with Crippen LogP contribution in [0, 0.1) is 0 Å². The van der Waals surface area contributed by atoms with Gasteiger partial charge in [0.15, 0.2) is 0 Å². The van der Waals surface area contributed by atoms with Crippen molar-refractivity contribution in [2.45, 2.75) is 45.1 Å². The van der Waals surface area contributed by atoms with Crippen LogP contribution in [0.15, 0.2) is 28.9 Å². The molecule has 0 fully saturated rings. The van der Waals surface area contributed by atoms with Crippen molar-refractivity contribution in [2.24, 2.45) is 5.73 Å². The molecule has 0 bridgehead atoms. The average molecular weight is 390 g/mol. The van der Waals surface area contributed by atoms with Crippen LogP contribution in [0.4, 0.5) is 0 Å². The number of carbonyl (C=O) groups excluding carboxylic acids is 1. The third-order valence-electron chi connectivity index (χ3n) is 3.97. The zero-order chi connectivity index (χ0) is 16.7. The van der Waals surface area contributed by atoms with Gasteiger partial charge < -0.3 is 15.6 Å². The molecular weight excluding hydrogens is 365 g/mol. The van der Waals surface area contributed by atoms with E-state index in [1.165, 1.54) is 0 Å². The summed E-state index contributed by atoms with van der Waals surface area (Å²) in [6, 6.07) is 5.48. The summed E-state index contributed by atoms with van der Waals surface area (Å²) in [5, 5.41) is 6.74. The van der Waals surface area contributed by atoms with Crippen molar-refractivity contribution in [3.8, 4) is 11.5 Å². The molecule has 0 radical (unpaired) electrons. The lowest BCUT2D eigenvalue weighted by Gasteiger charge is -2.26. The van der Waals surface area contributed by atoms with E-state index in [1.807, 2.05) is 26.0 Å². The molecule has 0 aliphatic heterocycles. The Morgan fingerprint density at radius 2 is 2.00 bits per heavy atom. The lowest BCUT2D eigenvalue weighted by atomic mass is 9.94. The van der Waals surface area contributed by atoms with Crippen molar-refractivity contribution in [1.82, 2.24) is 20.4 Å². The molecule has 0 atom stereocenters. The van der Waals surface area contributed by atoms with Gasteiger partial charge in [0.25, 0.3) is 0 Å². The Hall–Kier alpha value is -1.70. The van der Waals surface area contributed by atoms with Gasteiger partial charge >= 0.3 is 0 Å². The fourth-order valence-electron chi connectivity index (χ4n) is 2.04. The molecule has 1 amide bonds. The number of nitrogens with zero attached hydrogens (tertiary/aromatic N) is 3. The van der Waals surface area contributed by atoms with Crippen molar-refractivity contribution < 1.29 is 9.32 Å². The number of carbonyl (C=O) groups is 1. The van der Waals surface area contributed by atoms with Crippen LogP contribution in [0.1, 0.15) is 39.0 Å². The lowest BCUT2D eigenvalue weighted by molar-refractivity contribution is -0.121. The maximum Gasteiger partial charge on any atom is 0.227 e. The van der Waals surface area contributed by atoms with E-state index in [9.17, 15) is 4.79 Å². The zero-order valence-electron chi connectivity index (χ0n) is 14.4. The van der Waals surface area contributed by atoms with Gasteiger partial charge in [-0.2, -0.15) is 4.98 Å². The number of aryl methyl sites for hydroxylation is 1. The zero-order valence-corrected chi connectivity index (χ0v) is 16.0. The summed E-state index contributed by atoms with van der Waals surface area (Å²) in [4.78, 5) is 20.3. The smallest absolute Gasteiger partial charge is 0.227 e. The SMILES string of the molecule is CCC(N)(CC)CNC(=O)CCc1nc(-c2ccccn2)no1.Cl.Cl. The Morgan fingerprint density at radius 3 is 2.60 bits per heavy atom. The standard InChI is InChI=1S/C16H23N5O2.2ClH/c1-3-16(17,4-2)11-19-13(22)8-9-14-20-15(21-23-14)12-7-5-6-10-18-12;;/h5-7,10H,3-4,8-9,11,17H2,1-2H3,(H,19,22);2*1H. The molecule has 0 aliphatic rings. The molecule has 25 heavy (non-hydrogen) atoms. The molecule has 3 N–H and O–H groups in total. The molecule has 2 heterocycles. The number of halogens is 2. The van der Waals surface area contributed by atoms with Crippen molar-refractivity contribution in [3.05, 3.63) is 30.3 Å². The van der Waals surface area contributed by atoms with Crippen LogP contribution in [0.3, 0.4) is 0 Å². The number of hydrogen-bond donors (Lipinski definition) is 2. The molecular formula is C16H25Cl2N5O2. The molecule has 0 aliphatic carbocycles. The molecule has 0 saturated heterocycles. The number of rotatable bonds is 8. The maximum atomic E-state index is 11.9. The average Bonchev–Trinajstić information content (AvgIpc) is 3.07. The minimum Gasteiger partial charge on any atom is -0.354 e. The van der Waals surface area contributed by atoms with Crippen LogP contribution in [-0.4, -0.2) is 33.1 Å². The second-order valence-corrected chi connectivity index (χ2v) is 5.57. The highest BCUT2D eigenvalue weighted by atomic mass is 35.5. The van der Waals surface area contributed by atoms with Gasteiger partial charge in [0.1, 0.15) is 5.69 Å². The molecule has 7 nitrogen and oxygen atoms in total. The maximum absolute atomic E-state index is 11.9. The van der Waals surface area contributed by atoms with E-state index in [1.54, 1.807) is 12.3 Å². The minimum atomic E-state index is -0.341.